The van der Waals surface area contributed by atoms with Crippen LogP contribution < -0.4 is 11.1 Å². The molecule has 4 atom stereocenters. The summed E-state index contributed by atoms with van der Waals surface area (Å²) in [6.45, 7) is 0. The lowest BCUT2D eigenvalue weighted by molar-refractivity contribution is -0.177. The van der Waals surface area contributed by atoms with Crippen LogP contribution in [0.1, 0.15) is 38.5 Å². The second-order valence-electron chi connectivity index (χ2n) is 6.89. The third-order valence-electron chi connectivity index (χ3n) is 5.64. The molecule has 5 aliphatic carbocycles. The monoisotopic (exact) mass is 238 g/mol. The van der Waals surface area contributed by atoms with Crippen molar-refractivity contribution in [3.8, 4) is 0 Å². The molecule has 0 radical (unpaired) electrons. The summed E-state index contributed by atoms with van der Waals surface area (Å²) in [4.78, 5) is 12.3. The summed E-state index contributed by atoms with van der Waals surface area (Å²) in [7, 11) is 0. The minimum atomic E-state index is -0.940. The van der Waals surface area contributed by atoms with Crippen LogP contribution >= 0.6 is 0 Å². The fourth-order valence-electron chi connectivity index (χ4n) is 4.87. The minimum Gasteiger partial charge on any atom is -0.350 e. The van der Waals surface area contributed by atoms with E-state index in [0.29, 0.717) is 31.1 Å². The molecular weight excluding hydrogens is 219 g/mol. The van der Waals surface area contributed by atoms with E-state index < -0.39 is 5.67 Å². The van der Waals surface area contributed by atoms with Crippen molar-refractivity contribution < 1.29 is 9.18 Å². The predicted octanol–water partition coefficient (Wildman–Crippen LogP) is 1.12. The van der Waals surface area contributed by atoms with Crippen molar-refractivity contribution in [3.05, 3.63) is 0 Å². The molecule has 94 valence electrons. The molecule has 4 heteroatoms. The number of nitrogens with one attached hydrogen (secondary N) is 1. The molecule has 0 aromatic rings. The van der Waals surface area contributed by atoms with Crippen molar-refractivity contribution >= 4 is 5.91 Å². The van der Waals surface area contributed by atoms with Gasteiger partial charge in [-0.05, 0) is 31.1 Å². The molecule has 4 bridgehead atoms. The summed E-state index contributed by atoms with van der Waals surface area (Å²) >= 11 is 0. The smallest absolute Gasteiger partial charge is 0.225 e. The summed E-state index contributed by atoms with van der Waals surface area (Å²) < 4.78 is 13.4. The minimum absolute atomic E-state index is 0.00154. The van der Waals surface area contributed by atoms with E-state index in [1.165, 1.54) is 6.42 Å². The molecular formula is C13H19FN2O. The second-order valence-corrected chi connectivity index (χ2v) is 6.89. The van der Waals surface area contributed by atoms with Crippen LogP contribution in [0.25, 0.3) is 0 Å². The van der Waals surface area contributed by atoms with Crippen molar-refractivity contribution in [1.82, 2.24) is 5.32 Å². The number of hydrogen-bond acceptors (Lipinski definition) is 2. The van der Waals surface area contributed by atoms with Gasteiger partial charge in [-0.25, -0.2) is 4.39 Å². The third kappa shape index (κ3) is 1.22. The van der Waals surface area contributed by atoms with Crippen LogP contribution in [0.4, 0.5) is 4.39 Å². The van der Waals surface area contributed by atoms with E-state index in [-0.39, 0.29) is 23.4 Å². The Morgan fingerprint density at radius 1 is 1.24 bits per heavy atom. The van der Waals surface area contributed by atoms with Gasteiger partial charge in [0, 0.05) is 30.8 Å². The maximum Gasteiger partial charge on any atom is 0.225 e. The van der Waals surface area contributed by atoms with E-state index in [1.54, 1.807) is 0 Å². The number of carbonyl (C=O) groups excluding carboxylic acids is 1. The quantitative estimate of drug-likeness (QED) is 0.757. The first-order valence-electron chi connectivity index (χ1n) is 6.77. The molecule has 3 nitrogen and oxygen atoms in total. The highest BCUT2D eigenvalue weighted by Crippen LogP contribution is 2.63. The summed E-state index contributed by atoms with van der Waals surface area (Å²) in [5.41, 5.74) is 5.02. The molecule has 0 aliphatic heterocycles. The molecule has 5 aliphatic rings. The van der Waals surface area contributed by atoms with Gasteiger partial charge in [0.2, 0.25) is 5.91 Å². The summed E-state index contributed by atoms with van der Waals surface area (Å²) in [6.07, 6.45) is 5.05. The Bertz CT molecular complexity index is 375. The lowest BCUT2D eigenvalue weighted by Gasteiger charge is -2.66. The van der Waals surface area contributed by atoms with Gasteiger partial charge in [0.25, 0.3) is 0 Å². The Hall–Kier alpha value is -0.640. The third-order valence-corrected chi connectivity index (χ3v) is 5.64. The van der Waals surface area contributed by atoms with Gasteiger partial charge in [-0.1, -0.05) is 0 Å². The van der Waals surface area contributed by atoms with Crippen LogP contribution in [0.2, 0.25) is 0 Å². The van der Waals surface area contributed by atoms with Crippen LogP contribution in [0.15, 0.2) is 0 Å². The summed E-state index contributed by atoms with van der Waals surface area (Å²) in [5.74, 6) is 1.14. The molecule has 0 aromatic carbocycles. The van der Waals surface area contributed by atoms with Crippen LogP contribution in [-0.4, -0.2) is 23.2 Å². The number of halogens is 1. The van der Waals surface area contributed by atoms with E-state index in [0.717, 1.165) is 12.8 Å². The van der Waals surface area contributed by atoms with Crippen molar-refractivity contribution in [1.29, 1.82) is 0 Å². The molecule has 0 saturated heterocycles. The Kier molecular flexibility index (Phi) is 1.72. The number of nitrogens with two attached hydrogens (primary N) is 1. The normalized spacial score (nSPS) is 58.5. The van der Waals surface area contributed by atoms with Crippen LogP contribution in [0.5, 0.6) is 0 Å². The molecule has 0 aromatic heterocycles. The first-order valence-corrected chi connectivity index (χ1v) is 6.77. The van der Waals surface area contributed by atoms with Crippen molar-refractivity contribution in [2.24, 2.45) is 23.5 Å². The zero-order chi connectivity index (χ0) is 11.8. The average Bonchev–Trinajstić information content (AvgIpc) is 2.73. The number of fused-ring (bicyclic) bond motifs is 2. The van der Waals surface area contributed by atoms with Gasteiger partial charge in [0.15, 0.2) is 0 Å². The highest BCUT2D eigenvalue weighted by molar-refractivity contribution is 5.82. The molecule has 5 saturated carbocycles. The number of amides is 1. The molecule has 1 amide bonds. The van der Waals surface area contributed by atoms with E-state index in [1.807, 2.05) is 0 Å². The van der Waals surface area contributed by atoms with Gasteiger partial charge in [0.05, 0.1) is 5.92 Å². The fraction of sp³-hybridized carbons (Fsp3) is 0.923. The first kappa shape index (κ1) is 10.3. The number of carbonyl (C=O) groups is 1. The summed E-state index contributed by atoms with van der Waals surface area (Å²) in [6, 6.07) is 0.0421. The largest absolute Gasteiger partial charge is 0.350 e. The predicted molar refractivity (Wildman–Crippen MR) is 60.9 cm³/mol. The van der Waals surface area contributed by atoms with E-state index in [2.05, 4.69) is 5.32 Å². The van der Waals surface area contributed by atoms with Gasteiger partial charge in [-0.2, -0.15) is 0 Å². The highest BCUT2D eigenvalue weighted by Gasteiger charge is 2.70. The number of hydrogen-bond donors (Lipinski definition) is 2. The Morgan fingerprint density at radius 3 is 2.41 bits per heavy atom. The van der Waals surface area contributed by atoms with Crippen LogP contribution in [0.3, 0.4) is 0 Å². The lowest BCUT2D eigenvalue weighted by atomic mass is 9.47. The van der Waals surface area contributed by atoms with Gasteiger partial charge in [-0.15, -0.1) is 0 Å². The van der Waals surface area contributed by atoms with E-state index in [9.17, 15) is 9.18 Å². The van der Waals surface area contributed by atoms with Crippen molar-refractivity contribution in [3.63, 3.8) is 0 Å². The Morgan fingerprint density at radius 2 is 1.88 bits per heavy atom. The molecule has 0 heterocycles. The van der Waals surface area contributed by atoms with Crippen molar-refractivity contribution in [2.45, 2.75) is 55.8 Å². The number of alkyl halides is 1. The summed E-state index contributed by atoms with van der Waals surface area (Å²) in [5, 5.41) is 3.08. The van der Waals surface area contributed by atoms with Crippen LogP contribution in [-0.2, 0) is 4.79 Å². The van der Waals surface area contributed by atoms with Crippen LogP contribution in [0, 0.1) is 17.8 Å². The molecule has 0 spiro atoms. The standard InChI is InChI=1S/C13H19FN2O/c14-12-4-13(5-12,6-12)16-11(17)9-7-1-2-8(3-7)10(9)15/h7-10H,1-6,15H2,(H,16,17)/t7-,8+,9-,10+,12?,13?/m0/s1. The molecule has 3 N–H and O–H groups in total. The zero-order valence-electron chi connectivity index (χ0n) is 9.92. The maximum absolute atomic E-state index is 13.4. The Balaban J connectivity index is 1.44. The second kappa shape index (κ2) is 2.85. The maximum atomic E-state index is 13.4. The van der Waals surface area contributed by atoms with Gasteiger partial charge in [0.1, 0.15) is 5.67 Å². The van der Waals surface area contributed by atoms with Gasteiger partial charge >= 0.3 is 0 Å². The highest BCUT2D eigenvalue weighted by atomic mass is 19.1. The Labute approximate surface area is 100 Å². The number of rotatable bonds is 2. The molecule has 5 rings (SSSR count). The van der Waals surface area contributed by atoms with Gasteiger partial charge < -0.3 is 11.1 Å². The van der Waals surface area contributed by atoms with E-state index >= 15 is 0 Å². The van der Waals surface area contributed by atoms with E-state index in [4.69, 9.17) is 5.73 Å². The molecule has 17 heavy (non-hydrogen) atoms. The SMILES string of the molecule is N[C@@H]1[C@@H]2CC[C@@H](C2)[C@@H]1C(=O)NC12CC(F)(C1)C2. The topological polar surface area (TPSA) is 55.1 Å². The fourth-order valence-corrected chi connectivity index (χ4v) is 4.87. The molecule has 5 fully saturated rings. The lowest BCUT2D eigenvalue weighted by Crippen LogP contribution is -2.77. The first-order chi connectivity index (χ1) is 8.00. The zero-order valence-corrected chi connectivity index (χ0v) is 9.92. The molecule has 0 unspecified atom stereocenters. The van der Waals surface area contributed by atoms with Gasteiger partial charge in [-0.3, -0.25) is 4.79 Å². The average molecular weight is 238 g/mol. The van der Waals surface area contributed by atoms with Crippen molar-refractivity contribution in [2.75, 3.05) is 0 Å².